The minimum atomic E-state index is 0.218. The van der Waals surface area contributed by atoms with Crippen molar-refractivity contribution in [3.63, 3.8) is 0 Å². The Morgan fingerprint density at radius 3 is 2.97 bits per heavy atom. The molecule has 0 radical (unpaired) electrons. The van der Waals surface area contributed by atoms with Gasteiger partial charge in [0.2, 0.25) is 0 Å². The number of rotatable bonds is 3. The number of halogens is 1. The van der Waals surface area contributed by atoms with Gasteiger partial charge in [0.25, 0.3) is 0 Å². The van der Waals surface area contributed by atoms with Gasteiger partial charge in [-0.2, -0.15) is 0 Å². The fourth-order valence-electron chi connectivity index (χ4n) is 4.76. The van der Waals surface area contributed by atoms with Crippen LogP contribution in [0.2, 0.25) is 5.02 Å². The Labute approximate surface area is 184 Å². The summed E-state index contributed by atoms with van der Waals surface area (Å²) in [6.07, 6.45) is 8.76. The summed E-state index contributed by atoms with van der Waals surface area (Å²) in [5.74, 6) is 1.01. The summed E-state index contributed by atoms with van der Waals surface area (Å²) >= 11 is 6.37. The summed E-state index contributed by atoms with van der Waals surface area (Å²) in [7, 11) is 0. The number of ether oxygens (including phenoxy) is 1. The van der Waals surface area contributed by atoms with Gasteiger partial charge in [0.15, 0.2) is 0 Å². The Bertz CT molecular complexity index is 1390. The van der Waals surface area contributed by atoms with E-state index < -0.39 is 0 Å². The number of pyridine rings is 2. The van der Waals surface area contributed by atoms with Crippen LogP contribution in [0.15, 0.2) is 55.0 Å². The molecule has 0 N–H and O–H groups in total. The molecule has 7 heteroatoms. The highest BCUT2D eigenvalue weighted by molar-refractivity contribution is 6.31. The molecule has 0 amide bonds. The molecule has 6 rings (SSSR count). The molecule has 4 aromatic heterocycles. The number of aromatic nitrogens is 5. The molecule has 5 heterocycles. The SMILES string of the molecule is C[C@@H]1CC(n2c(Cc3cn4ccccc4n3)nc3cnc4ccc(Cl)cc4c32)CCO1. The maximum atomic E-state index is 6.37. The molecule has 0 aliphatic carbocycles. The second kappa shape index (κ2) is 7.32. The molecular formula is C24H22ClN5O. The van der Waals surface area contributed by atoms with Crippen molar-refractivity contribution in [2.75, 3.05) is 6.61 Å². The highest BCUT2D eigenvalue weighted by atomic mass is 35.5. The van der Waals surface area contributed by atoms with Crippen molar-refractivity contribution in [1.82, 2.24) is 23.9 Å². The van der Waals surface area contributed by atoms with Crippen LogP contribution in [-0.2, 0) is 11.2 Å². The van der Waals surface area contributed by atoms with Crippen LogP contribution in [0.5, 0.6) is 0 Å². The van der Waals surface area contributed by atoms with Crippen molar-refractivity contribution in [2.24, 2.45) is 0 Å². The third-order valence-electron chi connectivity index (χ3n) is 6.13. The van der Waals surface area contributed by atoms with Crippen molar-refractivity contribution in [3.8, 4) is 0 Å². The molecule has 156 valence electrons. The fourth-order valence-corrected chi connectivity index (χ4v) is 4.93. The zero-order chi connectivity index (χ0) is 20.9. The van der Waals surface area contributed by atoms with Gasteiger partial charge in [0, 0.05) is 41.9 Å². The lowest BCUT2D eigenvalue weighted by Crippen LogP contribution is -2.26. The predicted molar refractivity (Wildman–Crippen MR) is 122 cm³/mol. The van der Waals surface area contributed by atoms with Crippen molar-refractivity contribution in [1.29, 1.82) is 0 Å². The molecule has 2 atom stereocenters. The van der Waals surface area contributed by atoms with Crippen LogP contribution in [-0.4, -0.2) is 36.6 Å². The smallest absolute Gasteiger partial charge is 0.136 e. The maximum Gasteiger partial charge on any atom is 0.136 e. The van der Waals surface area contributed by atoms with Gasteiger partial charge < -0.3 is 13.7 Å². The zero-order valence-electron chi connectivity index (χ0n) is 17.2. The van der Waals surface area contributed by atoms with Crippen molar-refractivity contribution in [2.45, 2.75) is 38.3 Å². The number of hydrogen-bond acceptors (Lipinski definition) is 4. The first-order valence-corrected chi connectivity index (χ1v) is 11.0. The van der Waals surface area contributed by atoms with Crippen LogP contribution in [0, 0.1) is 0 Å². The third-order valence-corrected chi connectivity index (χ3v) is 6.36. The third kappa shape index (κ3) is 3.27. The van der Waals surface area contributed by atoms with E-state index in [4.69, 9.17) is 26.3 Å². The summed E-state index contributed by atoms with van der Waals surface area (Å²) in [5, 5.41) is 1.75. The quantitative estimate of drug-likeness (QED) is 0.393. The summed E-state index contributed by atoms with van der Waals surface area (Å²) < 4.78 is 10.3. The zero-order valence-corrected chi connectivity index (χ0v) is 18.0. The number of benzene rings is 1. The lowest BCUT2D eigenvalue weighted by atomic mass is 10.0. The highest BCUT2D eigenvalue weighted by Crippen LogP contribution is 2.34. The molecule has 6 nitrogen and oxygen atoms in total. The Morgan fingerprint density at radius 1 is 1.16 bits per heavy atom. The standard InChI is InChI=1S/C24H22ClN5O/c1-15-10-18(7-9-31-15)30-23(12-17-14-29-8-3-2-4-22(29)27-17)28-21-13-26-20-6-5-16(25)11-19(20)24(21)30/h2-6,8,11,13-15,18H,7,9-10,12H2,1H3/t15-,18?/m1/s1. The first-order chi connectivity index (χ1) is 15.2. The lowest BCUT2D eigenvalue weighted by Gasteiger charge is -2.30. The molecule has 1 aliphatic rings. The van der Waals surface area contributed by atoms with Gasteiger partial charge in [-0.15, -0.1) is 0 Å². The van der Waals surface area contributed by atoms with Gasteiger partial charge in [-0.3, -0.25) is 4.98 Å². The molecule has 1 saturated heterocycles. The average molecular weight is 432 g/mol. The van der Waals surface area contributed by atoms with Crippen molar-refractivity contribution < 1.29 is 4.74 Å². The highest BCUT2D eigenvalue weighted by Gasteiger charge is 2.26. The van der Waals surface area contributed by atoms with E-state index >= 15 is 0 Å². The fraction of sp³-hybridized carbons (Fsp3) is 0.292. The maximum absolute atomic E-state index is 6.37. The first kappa shape index (κ1) is 18.8. The predicted octanol–water partition coefficient (Wildman–Crippen LogP) is 5.22. The second-order valence-corrected chi connectivity index (χ2v) is 8.72. The Morgan fingerprint density at radius 2 is 2.10 bits per heavy atom. The van der Waals surface area contributed by atoms with Gasteiger partial charge in [0.05, 0.1) is 29.0 Å². The lowest BCUT2D eigenvalue weighted by molar-refractivity contribution is 0.00631. The van der Waals surface area contributed by atoms with Crippen LogP contribution in [0.1, 0.15) is 37.3 Å². The summed E-state index contributed by atoms with van der Waals surface area (Å²) in [6, 6.07) is 12.2. The van der Waals surface area contributed by atoms with E-state index in [2.05, 4.69) is 27.1 Å². The van der Waals surface area contributed by atoms with E-state index in [-0.39, 0.29) is 6.10 Å². The van der Waals surface area contributed by atoms with Gasteiger partial charge in [-0.05, 0) is 50.1 Å². The van der Waals surface area contributed by atoms with E-state index in [0.717, 1.165) is 58.6 Å². The molecule has 0 saturated carbocycles. The van der Waals surface area contributed by atoms with Crippen LogP contribution in [0.4, 0.5) is 0 Å². The van der Waals surface area contributed by atoms with Crippen molar-refractivity contribution >= 4 is 39.2 Å². The van der Waals surface area contributed by atoms with Crippen LogP contribution in [0.3, 0.4) is 0 Å². The molecule has 0 spiro atoms. The van der Waals surface area contributed by atoms with Gasteiger partial charge >= 0.3 is 0 Å². The minimum absolute atomic E-state index is 0.218. The summed E-state index contributed by atoms with van der Waals surface area (Å²) in [5.41, 5.74) is 4.87. The molecule has 5 aromatic rings. The van der Waals surface area contributed by atoms with E-state index in [1.165, 1.54) is 0 Å². The van der Waals surface area contributed by atoms with Gasteiger partial charge in [0.1, 0.15) is 17.0 Å². The van der Waals surface area contributed by atoms with Crippen LogP contribution >= 0.6 is 11.6 Å². The van der Waals surface area contributed by atoms with Gasteiger partial charge in [-0.1, -0.05) is 17.7 Å². The number of nitrogens with zero attached hydrogens (tertiary/aromatic N) is 5. The molecule has 1 aliphatic heterocycles. The Balaban J connectivity index is 1.56. The topological polar surface area (TPSA) is 57.2 Å². The van der Waals surface area contributed by atoms with Crippen LogP contribution < -0.4 is 0 Å². The second-order valence-electron chi connectivity index (χ2n) is 8.29. The summed E-state index contributed by atoms with van der Waals surface area (Å²) in [6.45, 7) is 2.90. The number of imidazole rings is 2. The van der Waals surface area contributed by atoms with Crippen molar-refractivity contribution in [3.05, 3.63) is 71.5 Å². The van der Waals surface area contributed by atoms with E-state index in [0.29, 0.717) is 17.5 Å². The van der Waals surface area contributed by atoms with E-state index in [9.17, 15) is 0 Å². The summed E-state index contributed by atoms with van der Waals surface area (Å²) in [4.78, 5) is 14.5. The van der Waals surface area contributed by atoms with E-state index in [1.54, 1.807) is 0 Å². The molecule has 31 heavy (non-hydrogen) atoms. The molecule has 0 bridgehead atoms. The minimum Gasteiger partial charge on any atom is -0.378 e. The normalized spacial score (nSPS) is 19.5. The Kier molecular flexibility index (Phi) is 4.44. The molecular weight excluding hydrogens is 410 g/mol. The number of fused-ring (bicyclic) bond motifs is 4. The average Bonchev–Trinajstić information content (AvgIpc) is 3.34. The Hall–Kier alpha value is -2.96. The first-order valence-electron chi connectivity index (χ1n) is 10.6. The van der Waals surface area contributed by atoms with E-state index in [1.807, 2.05) is 48.8 Å². The number of hydrogen-bond donors (Lipinski definition) is 0. The van der Waals surface area contributed by atoms with Crippen LogP contribution in [0.25, 0.3) is 27.6 Å². The largest absolute Gasteiger partial charge is 0.378 e. The molecule has 1 fully saturated rings. The van der Waals surface area contributed by atoms with Gasteiger partial charge in [-0.25, -0.2) is 9.97 Å². The monoisotopic (exact) mass is 431 g/mol. The molecule has 1 unspecified atom stereocenters. The molecule has 1 aromatic carbocycles.